The Balaban J connectivity index is 2.20. The van der Waals surface area contributed by atoms with Gasteiger partial charge in [0.05, 0.1) is 5.56 Å². The Morgan fingerprint density at radius 1 is 1.39 bits per heavy atom. The van der Waals surface area contributed by atoms with Crippen LogP contribution in [0.1, 0.15) is 30.6 Å². The van der Waals surface area contributed by atoms with E-state index in [2.05, 4.69) is 24.1 Å². The highest BCUT2D eigenvalue weighted by Gasteiger charge is 2.27. The zero-order valence-electron chi connectivity index (χ0n) is 11.3. The minimum absolute atomic E-state index is 0.0887. The maximum absolute atomic E-state index is 12.5. The molecule has 1 fully saturated rings. The van der Waals surface area contributed by atoms with Crippen LogP contribution in [0.4, 0.5) is 5.82 Å². The fourth-order valence-corrected chi connectivity index (χ4v) is 2.78. The number of hydrogen-bond donors (Lipinski definition) is 1. The van der Waals surface area contributed by atoms with Crippen molar-refractivity contribution in [1.82, 2.24) is 9.88 Å². The van der Waals surface area contributed by atoms with Crippen LogP contribution in [0, 0.1) is 11.8 Å². The molecule has 4 heteroatoms. The highest BCUT2D eigenvalue weighted by atomic mass is 16.2. The van der Waals surface area contributed by atoms with Gasteiger partial charge in [0.2, 0.25) is 0 Å². The van der Waals surface area contributed by atoms with Gasteiger partial charge in [0.15, 0.2) is 0 Å². The number of piperidine rings is 1. The van der Waals surface area contributed by atoms with Crippen molar-refractivity contribution in [2.75, 3.05) is 25.5 Å². The van der Waals surface area contributed by atoms with Crippen LogP contribution in [0.15, 0.2) is 18.3 Å². The second kappa shape index (κ2) is 5.38. The van der Waals surface area contributed by atoms with Gasteiger partial charge in [0.1, 0.15) is 5.82 Å². The first-order valence-electron chi connectivity index (χ1n) is 6.54. The Kier molecular flexibility index (Phi) is 3.84. The molecule has 2 heterocycles. The van der Waals surface area contributed by atoms with Crippen LogP contribution in [-0.2, 0) is 0 Å². The Morgan fingerprint density at radius 3 is 2.67 bits per heavy atom. The third-order valence-electron chi connectivity index (χ3n) is 3.43. The van der Waals surface area contributed by atoms with E-state index in [0.717, 1.165) is 13.1 Å². The molecule has 1 saturated heterocycles. The van der Waals surface area contributed by atoms with Gasteiger partial charge in [-0.25, -0.2) is 4.98 Å². The molecule has 1 aliphatic heterocycles. The summed E-state index contributed by atoms with van der Waals surface area (Å²) in [6, 6.07) is 3.65. The third-order valence-corrected chi connectivity index (χ3v) is 3.43. The number of anilines is 1. The molecular formula is C14H21N3O. The molecule has 98 valence electrons. The van der Waals surface area contributed by atoms with E-state index in [9.17, 15) is 4.79 Å². The molecule has 0 aliphatic carbocycles. The quantitative estimate of drug-likeness (QED) is 0.871. The van der Waals surface area contributed by atoms with Crippen molar-refractivity contribution < 1.29 is 4.79 Å². The van der Waals surface area contributed by atoms with Gasteiger partial charge in [-0.3, -0.25) is 4.79 Å². The number of nitrogens with zero attached hydrogens (tertiary/aromatic N) is 2. The van der Waals surface area contributed by atoms with E-state index in [1.165, 1.54) is 6.42 Å². The van der Waals surface area contributed by atoms with Crippen molar-refractivity contribution in [1.29, 1.82) is 0 Å². The molecule has 0 saturated carbocycles. The average molecular weight is 247 g/mol. The molecule has 0 bridgehead atoms. The lowest BCUT2D eigenvalue weighted by molar-refractivity contribution is 0.0624. The predicted octanol–water partition coefficient (Wildman–Crippen LogP) is 2.24. The van der Waals surface area contributed by atoms with Crippen LogP contribution in [0.25, 0.3) is 0 Å². The van der Waals surface area contributed by atoms with E-state index in [1.807, 2.05) is 17.0 Å². The minimum atomic E-state index is 0.0887. The van der Waals surface area contributed by atoms with Crippen molar-refractivity contribution in [2.24, 2.45) is 11.8 Å². The smallest absolute Gasteiger partial charge is 0.257 e. The predicted molar refractivity (Wildman–Crippen MR) is 72.6 cm³/mol. The fraction of sp³-hybridized carbons (Fsp3) is 0.571. The second-order valence-corrected chi connectivity index (χ2v) is 5.31. The van der Waals surface area contributed by atoms with Crippen molar-refractivity contribution in [3.63, 3.8) is 0 Å². The third kappa shape index (κ3) is 2.63. The molecule has 2 rings (SSSR count). The monoisotopic (exact) mass is 247 g/mol. The lowest BCUT2D eigenvalue weighted by atomic mass is 9.91. The largest absolute Gasteiger partial charge is 0.372 e. The molecule has 2 unspecified atom stereocenters. The zero-order valence-corrected chi connectivity index (χ0v) is 11.3. The van der Waals surface area contributed by atoms with E-state index in [4.69, 9.17) is 0 Å². The molecule has 0 spiro atoms. The molecule has 1 aliphatic rings. The molecule has 18 heavy (non-hydrogen) atoms. The number of pyridine rings is 1. The summed E-state index contributed by atoms with van der Waals surface area (Å²) in [4.78, 5) is 18.7. The first kappa shape index (κ1) is 12.9. The number of carbonyl (C=O) groups excluding carboxylic acids is 1. The molecule has 4 nitrogen and oxygen atoms in total. The number of likely N-dealkylation sites (tertiary alicyclic amines) is 1. The van der Waals surface area contributed by atoms with Gasteiger partial charge >= 0.3 is 0 Å². The minimum Gasteiger partial charge on any atom is -0.372 e. The van der Waals surface area contributed by atoms with Gasteiger partial charge in [0.25, 0.3) is 5.91 Å². The highest BCUT2D eigenvalue weighted by molar-refractivity contribution is 5.98. The van der Waals surface area contributed by atoms with Gasteiger partial charge in [-0.1, -0.05) is 13.8 Å². The second-order valence-electron chi connectivity index (χ2n) is 5.31. The average Bonchev–Trinajstić information content (AvgIpc) is 2.36. The fourth-order valence-electron chi connectivity index (χ4n) is 2.78. The lowest BCUT2D eigenvalue weighted by Gasteiger charge is -2.35. The van der Waals surface area contributed by atoms with E-state index in [-0.39, 0.29) is 5.91 Å². The van der Waals surface area contributed by atoms with Crippen LogP contribution < -0.4 is 5.32 Å². The topological polar surface area (TPSA) is 45.2 Å². The first-order chi connectivity index (χ1) is 8.61. The summed E-state index contributed by atoms with van der Waals surface area (Å²) in [5.41, 5.74) is 0.668. The van der Waals surface area contributed by atoms with Crippen molar-refractivity contribution in [3.8, 4) is 0 Å². The number of aromatic nitrogens is 1. The van der Waals surface area contributed by atoms with Crippen molar-refractivity contribution >= 4 is 11.7 Å². The standard InChI is InChI=1S/C14H21N3O/c1-10-7-11(2)9-17(8-10)14(18)12-5-4-6-16-13(12)15-3/h4-6,10-11H,7-9H2,1-3H3,(H,15,16). The van der Waals surface area contributed by atoms with E-state index in [1.54, 1.807) is 13.2 Å². The molecule has 0 aromatic carbocycles. The normalized spacial score (nSPS) is 23.8. The lowest BCUT2D eigenvalue weighted by Crippen LogP contribution is -2.42. The number of rotatable bonds is 2. The zero-order chi connectivity index (χ0) is 13.1. The molecule has 1 aromatic heterocycles. The summed E-state index contributed by atoms with van der Waals surface area (Å²) in [5, 5.41) is 2.98. The molecule has 0 radical (unpaired) electrons. The summed E-state index contributed by atoms with van der Waals surface area (Å²) < 4.78 is 0. The maximum Gasteiger partial charge on any atom is 0.257 e. The van der Waals surface area contributed by atoms with Crippen LogP contribution in [0.5, 0.6) is 0 Å². The highest BCUT2D eigenvalue weighted by Crippen LogP contribution is 2.23. The van der Waals surface area contributed by atoms with Crippen LogP contribution in [0.3, 0.4) is 0 Å². The van der Waals surface area contributed by atoms with Crippen LogP contribution in [0.2, 0.25) is 0 Å². The van der Waals surface area contributed by atoms with Gasteiger partial charge in [-0.15, -0.1) is 0 Å². The Morgan fingerprint density at radius 2 is 2.06 bits per heavy atom. The van der Waals surface area contributed by atoms with Gasteiger partial charge in [0, 0.05) is 26.3 Å². The Labute approximate surface area is 108 Å². The van der Waals surface area contributed by atoms with E-state index in [0.29, 0.717) is 23.2 Å². The van der Waals surface area contributed by atoms with Crippen LogP contribution >= 0.6 is 0 Å². The Bertz CT molecular complexity index is 423. The molecule has 1 aromatic rings. The number of hydrogen-bond acceptors (Lipinski definition) is 3. The van der Waals surface area contributed by atoms with Crippen LogP contribution in [-0.4, -0.2) is 35.9 Å². The number of nitrogens with one attached hydrogen (secondary N) is 1. The summed E-state index contributed by atoms with van der Waals surface area (Å²) in [7, 11) is 1.79. The molecule has 1 N–H and O–H groups in total. The summed E-state index contributed by atoms with van der Waals surface area (Å²) in [5.74, 6) is 1.90. The van der Waals surface area contributed by atoms with Crippen molar-refractivity contribution in [2.45, 2.75) is 20.3 Å². The van der Waals surface area contributed by atoms with Crippen molar-refractivity contribution in [3.05, 3.63) is 23.9 Å². The first-order valence-corrected chi connectivity index (χ1v) is 6.54. The molecule has 2 atom stereocenters. The van der Waals surface area contributed by atoms with E-state index < -0.39 is 0 Å². The number of amides is 1. The molecule has 1 amide bonds. The van der Waals surface area contributed by atoms with E-state index >= 15 is 0 Å². The summed E-state index contributed by atoms with van der Waals surface area (Å²) in [6.45, 7) is 6.11. The SMILES string of the molecule is CNc1ncccc1C(=O)N1CC(C)CC(C)C1. The summed E-state index contributed by atoms with van der Waals surface area (Å²) >= 11 is 0. The summed E-state index contributed by atoms with van der Waals surface area (Å²) in [6.07, 6.45) is 2.90. The maximum atomic E-state index is 12.5. The van der Waals surface area contributed by atoms with Gasteiger partial charge < -0.3 is 10.2 Å². The Hall–Kier alpha value is -1.58. The number of carbonyl (C=O) groups is 1. The van der Waals surface area contributed by atoms with Gasteiger partial charge in [-0.05, 0) is 30.4 Å². The molecular weight excluding hydrogens is 226 g/mol. The van der Waals surface area contributed by atoms with Gasteiger partial charge in [-0.2, -0.15) is 0 Å².